The number of carbonyl (C=O) groups is 2. The van der Waals surface area contributed by atoms with E-state index in [-0.39, 0.29) is 12.3 Å². The Labute approximate surface area is 214 Å². The maximum atomic E-state index is 13.6. The molecule has 0 aliphatic carbocycles. The minimum atomic E-state index is -1.04. The van der Waals surface area contributed by atoms with E-state index in [1.54, 1.807) is 48.5 Å². The zero-order chi connectivity index (χ0) is 25.8. The predicted octanol–water partition coefficient (Wildman–Crippen LogP) is 5.52. The summed E-state index contributed by atoms with van der Waals surface area (Å²) in [6.07, 6.45) is 1.02. The fraction of sp³-hybridized carbons (Fsp3) is 0.250. The minimum absolute atomic E-state index is 0.171. The van der Waals surface area contributed by atoms with Gasteiger partial charge in [0, 0.05) is 10.6 Å². The van der Waals surface area contributed by atoms with Gasteiger partial charge in [-0.2, -0.15) is 5.26 Å². The second kappa shape index (κ2) is 10.7. The molecule has 2 atom stereocenters. The number of carboxylic acid groups (broad SMARTS) is 1. The number of nitrogens with zero attached hydrogens (tertiary/aromatic N) is 2. The van der Waals surface area contributed by atoms with Crippen molar-refractivity contribution in [3.05, 3.63) is 82.4 Å². The van der Waals surface area contributed by atoms with E-state index in [2.05, 4.69) is 6.07 Å². The summed E-state index contributed by atoms with van der Waals surface area (Å²) in [4.78, 5) is 27.0. The molecule has 3 aromatic rings. The van der Waals surface area contributed by atoms with Crippen LogP contribution in [0.3, 0.4) is 0 Å². The van der Waals surface area contributed by atoms with Crippen LogP contribution in [0.15, 0.2) is 60.7 Å². The number of ether oxygens (including phenoxy) is 2. The van der Waals surface area contributed by atoms with Crippen LogP contribution in [0.5, 0.6) is 11.5 Å². The van der Waals surface area contributed by atoms with E-state index in [1.165, 1.54) is 19.1 Å². The number of carboxylic acids is 1. The highest BCUT2D eigenvalue weighted by atomic mass is 35.5. The zero-order valence-corrected chi connectivity index (χ0v) is 20.7. The van der Waals surface area contributed by atoms with Crippen LogP contribution in [-0.2, 0) is 11.2 Å². The van der Waals surface area contributed by atoms with Gasteiger partial charge in [-0.05, 0) is 65.4 Å². The molecule has 1 fully saturated rings. The van der Waals surface area contributed by atoms with E-state index in [1.807, 2.05) is 12.1 Å². The molecule has 0 radical (unpaired) electrons. The number of rotatable bonds is 7. The Hall–Kier alpha value is -4.02. The quantitative estimate of drug-likeness (QED) is 0.454. The van der Waals surface area contributed by atoms with Crippen LogP contribution in [0, 0.1) is 11.3 Å². The Morgan fingerprint density at radius 2 is 1.72 bits per heavy atom. The largest absolute Gasteiger partial charge is 0.493 e. The van der Waals surface area contributed by atoms with Crippen LogP contribution < -0.4 is 9.47 Å². The maximum absolute atomic E-state index is 13.6. The van der Waals surface area contributed by atoms with Gasteiger partial charge < -0.3 is 19.5 Å². The fourth-order valence-corrected chi connectivity index (χ4v) is 5.01. The number of carbonyl (C=O) groups excluding carboxylic acids is 1. The Morgan fingerprint density at radius 3 is 2.33 bits per heavy atom. The second-order valence-electron chi connectivity index (χ2n) is 8.46. The molecule has 1 heterocycles. The molecule has 1 unspecified atom stereocenters. The summed E-state index contributed by atoms with van der Waals surface area (Å²) >= 11 is 6.40. The van der Waals surface area contributed by atoms with Crippen molar-refractivity contribution in [2.24, 2.45) is 0 Å². The molecular formula is C28H25ClN2O5. The van der Waals surface area contributed by atoms with Gasteiger partial charge in [-0.3, -0.25) is 4.79 Å². The number of hydrogen-bond acceptors (Lipinski definition) is 5. The van der Waals surface area contributed by atoms with Crippen LogP contribution in [0.2, 0.25) is 5.02 Å². The predicted molar refractivity (Wildman–Crippen MR) is 135 cm³/mol. The third-order valence-electron chi connectivity index (χ3n) is 6.49. The molecule has 0 saturated carbocycles. The molecule has 184 valence electrons. The maximum Gasteiger partial charge on any atom is 0.326 e. The Morgan fingerprint density at radius 1 is 1.06 bits per heavy atom. The molecule has 8 heteroatoms. The third kappa shape index (κ3) is 4.73. The van der Waals surface area contributed by atoms with Gasteiger partial charge in [-0.25, -0.2) is 4.79 Å². The Balaban J connectivity index is 1.70. The highest BCUT2D eigenvalue weighted by molar-refractivity contribution is 6.31. The van der Waals surface area contributed by atoms with E-state index in [4.69, 9.17) is 21.1 Å². The van der Waals surface area contributed by atoms with Gasteiger partial charge in [0.25, 0.3) is 5.91 Å². The molecule has 1 saturated heterocycles. The minimum Gasteiger partial charge on any atom is -0.493 e. The molecule has 3 aromatic carbocycles. The number of aliphatic carboxylic acids is 1. The molecule has 4 rings (SSSR count). The molecule has 0 bridgehead atoms. The highest BCUT2D eigenvalue weighted by Gasteiger charge is 2.42. The van der Waals surface area contributed by atoms with Gasteiger partial charge in [0.15, 0.2) is 11.5 Å². The lowest BCUT2D eigenvalue weighted by Crippen LogP contribution is -2.41. The number of likely N-dealkylation sites (tertiary alicyclic amines) is 1. The zero-order valence-electron chi connectivity index (χ0n) is 19.9. The number of methoxy groups -OCH3 is 2. The Bertz CT molecular complexity index is 1330. The standard InChI is InChI=1S/C28H25ClN2O5/c1-35-25-15-19(13-14-30)21(16-26(25)36-2)17-7-9-18(10-8-17)27(32)31-23(11-12-24(31)28(33)34)20-5-3-4-6-22(20)29/h3-10,15-16,23-24H,11-13H2,1-2H3,(H,33,34)/t23?,24-/m0/s1. The average molecular weight is 505 g/mol. The van der Waals surface area contributed by atoms with Crippen molar-refractivity contribution in [3.63, 3.8) is 0 Å². The van der Waals surface area contributed by atoms with Crippen LogP contribution >= 0.6 is 11.6 Å². The molecule has 1 aliphatic rings. The summed E-state index contributed by atoms with van der Waals surface area (Å²) in [6, 6.07) is 18.5. The molecule has 0 aromatic heterocycles. The van der Waals surface area contributed by atoms with Crippen molar-refractivity contribution in [1.82, 2.24) is 4.90 Å². The topological polar surface area (TPSA) is 99.9 Å². The fourth-order valence-electron chi connectivity index (χ4n) is 4.75. The SMILES string of the molecule is COc1cc(CC#N)c(-c2ccc(C(=O)N3C(c4ccccc4Cl)CC[C@H]3C(=O)O)cc2)cc1OC. The van der Waals surface area contributed by atoms with E-state index in [9.17, 15) is 20.0 Å². The normalized spacial score (nSPS) is 16.9. The van der Waals surface area contributed by atoms with Crippen molar-refractivity contribution in [2.75, 3.05) is 14.2 Å². The van der Waals surface area contributed by atoms with Crippen molar-refractivity contribution < 1.29 is 24.2 Å². The lowest BCUT2D eigenvalue weighted by Gasteiger charge is -2.29. The number of amides is 1. The third-order valence-corrected chi connectivity index (χ3v) is 6.83. The van der Waals surface area contributed by atoms with Gasteiger partial charge in [0.05, 0.1) is 32.8 Å². The second-order valence-corrected chi connectivity index (χ2v) is 8.86. The molecule has 0 spiro atoms. The lowest BCUT2D eigenvalue weighted by molar-refractivity contribution is -0.141. The van der Waals surface area contributed by atoms with Crippen LogP contribution in [-0.4, -0.2) is 42.1 Å². The number of nitriles is 1. The first-order chi connectivity index (χ1) is 17.4. The van der Waals surface area contributed by atoms with E-state index >= 15 is 0 Å². The average Bonchev–Trinajstić information content (AvgIpc) is 3.34. The summed E-state index contributed by atoms with van der Waals surface area (Å²) in [5.41, 5.74) is 3.44. The Kier molecular flexibility index (Phi) is 7.47. The first kappa shape index (κ1) is 25.1. The summed E-state index contributed by atoms with van der Waals surface area (Å²) in [6.45, 7) is 0. The molecule has 36 heavy (non-hydrogen) atoms. The van der Waals surface area contributed by atoms with Crippen molar-refractivity contribution >= 4 is 23.5 Å². The van der Waals surface area contributed by atoms with Gasteiger partial charge in [0.1, 0.15) is 6.04 Å². The first-order valence-corrected chi connectivity index (χ1v) is 11.8. The van der Waals surface area contributed by atoms with Crippen LogP contribution in [0.1, 0.15) is 40.4 Å². The van der Waals surface area contributed by atoms with Crippen LogP contribution in [0.25, 0.3) is 11.1 Å². The molecular weight excluding hydrogens is 480 g/mol. The molecule has 7 nitrogen and oxygen atoms in total. The summed E-state index contributed by atoms with van der Waals surface area (Å²) in [5.74, 6) is -0.363. The van der Waals surface area contributed by atoms with Gasteiger partial charge in [-0.15, -0.1) is 0 Å². The number of benzene rings is 3. The molecule has 1 N–H and O–H groups in total. The number of hydrogen-bond donors (Lipinski definition) is 1. The molecule has 1 amide bonds. The molecule has 1 aliphatic heterocycles. The van der Waals surface area contributed by atoms with Crippen molar-refractivity contribution in [1.29, 1.82) is 5.26 Å². The summed E-state index contributed by atoms with van der Waals surface area (Å²) in [5, 5.41) is 19.6. The van der Waals surface area contributed by atoms with Crippen molar-refractivity contribution in [2.45, 2.75) is 31.3 Å². The van der Waals surface area contributed by atoms with E-state index in [0.717, 1.165) is 22.3 Å². The van der Waals surface area contributed by atoms with Gasteiger partial charge in [-0.1, -0.05) is 41.9 Å². The van der Waals surface area contributed by atoms with E-state index < -0.39 is 18.1 Å². The highest BCUT2D eigenvalue weighted by Crippen LogP contribution is 2.41. The smallest absolute Gasteiger partial charge is 0.326 e. The number of halogens is 1. The van der Waals surface area contributed by atoms with Gasteiger partial charge >= 0.3 is 5.97 Å². The lowest BCUT2D eigenvalue weighted by atomic mass is 9.96. The monoisotopic (exact) mass is 504 g/mol. The summed E-state index contributed by atoms with van der Waals surface area (Å²) in [7, 11) is 3.07. The van der Waals surface area contributed by atoms with Crippen LogP contribution in [0.4, 0.5) is 0 Å². The first-order valence-electron chi connectivity index (χ1n) is 11.4. The summed E-state index contributed by atoms with van der Waals surface area (Å²) < 4.78 is 10.8. The van der Waals surface area contributed by atoms with E-state index in [0.29, 0.717) is 34.9 Å². The van der Waals surface area contributed by atoms with Gasteiger partial charge in [0.2, 0.25) is 0 Å². The van der Waals surface area contributed by atoms with Crippen molar-refractivity contribution in [3.8, 4) is 28.7 Å².